The highest BCUT2D eigenvalue weighted by Crippen LogP contribution is 2.17. The molecule has 1 aliphatic rings. The van der Waals surface area contributed by atoms with Gasteiger partial charge in [-0.3, -0.25) is 4.79 Å². The van der Waals surface area contributed by atoms with Crippen molar-refractivity contribution in [2.75, 3.05) is 13.1 Å². The van der Waals surface area contributed by atoms with E-state index in [0.717, 1.165) is 48.5 Å². The minimum Gasteiger partial charge on any atom is -0.342 e. The molecule has 0 aromatic carbocycles. The number of amides is 1. The van der Waals surface area contributed by atoms with Gasteiger partial charge < -0.3 is 9.30 Å². The Morgan fingerprint density at radius 2 is 2.00 bits per heavy atom. The molecular formula is C16H21N3O. The first-order chi connectivity index (χ1) is 9.66. The Hall–Kier alpha value is -1.84. The summed E-state index contributed by atoms with van der Waals surface area (Å²) in [6.45, 7) is 5.87. The fourth-order valence-electron chi connectivity index (χ4n) is 2.98. The highest BCUT2D eigenvalue weighted by atomic mass is 16.2. The number of likely N-dealkylation sites (tertiary alicyclic amines) is 1. The molecule has 0 atom stereocenters. The van der Waals surface area contributed by atoms with Crippen LogP contribution >= 0.6 is 0 Å². The van der Waals surface area contributed by atoms with E-state index in [1.807, 2.05) is 24.1 Å². The molecule has 3 heterocycles. The molecule has 1 saturated heterocycles. The predicted octanol–water partition coefficient (Wildman–Crippen LogP) is 2.51. The molecule has 20 heavy (non-hydrogen) atoms. The Labute approximate surface area is 119 Å². The van der Waals surface area contributed by atoms with Gasteiger partial charge in [0, 0.05) is 19.3 Å². The molecule has 4 heteroatoms. The Morgan fingerprint density at radius 1 is 1.25 bits per heavy atom. The monoisotopic (exact) mass is 271 g/mol. The fraction of sp³-hybridized carbons (Fsp3) is 0.500. The van der Waals surface area contributed by atoms with Crippen molar-refractivity contribution in [2.45, 2.75) is 39.5 Å². The van der Waals surface area contributed by atoms with Crippen LogP contribution in [0.1, 0.15) is 36.2 Å². The summed E-state index contributed by atoms with van der Waals surface area (Å²) >= 11 is 0. The fourth-order valence-corrected chi connectivity index (χ4v) is 2.98. The van der Waals surface area contributed by atoms with Crippen LogP contribution in [0.2, 0.25) is 0 Å². The smallest absolute Gasteiger partial charge is 0.228 e. The van der Waals surface area contributed by atoms with Gasteiger partial charge >= 0.3 is 0 Å². The van der Waals surface area contributed by atoms with Crippen molar-refractivity contribution in [1.29, 1.82) is 0 Å². The van der Waals surface area contributed by atoms with Crippen LogP contribution < -0.4 is 0 Å². The first-order valence-corrected chi connectivity index (χ1v) is 7.38. The molecule has 1 amide bonds. The molecule has 1 fully saturated rings. The summed E-state index contributed by atoms with van der Waals surface area (Å²) in [7, 11) is 0. The topological polar surface area (TPSA) is 37.6 Å². The van der Waals surface area contributed by atoms with Crippen molar-refractivity contribution in [2.24, 2.45) is 0 Å². The number of nitrogens with zero attached hydrogens (tertiary/aromatic N) is 3. The summed E-state index contributed by atoms with van der Waals surface area (Å²) in [5.74, 6) is 0.233. The van der Waals surface area contributed by atoms with E-state index in [4.69, 9.17) is 0 Å². The third-order valence-corrected chi connectivity index (χ3v) is 4.17. The molecule has 2 aromatic rings. The van der Waals surface area contributed by atoms with E-state index in [-0.39, 0.29) is 5.91 Å². The number of rotatable bonds is 2. The van der Waals surface area contributed by atoms with Crippen molar-refractivity contribution in [3.8, 4) is 0 Å². The first kappa shape index (κ1) is 13.2. The van der Waals surface area contributed by atoms with Crippen molar-refractivity contribution in [1.82, 2.24) is 14.3 Å². The molecule has 4 nitrogen and oxygen atoms in total. The second-order valence-corrected chi connectivity index (χ2v) is 5.65. The number of imidazole rings is 1. The third kappa shape index (κ3) is 2.30. The second-order valence-electron chi connectivity index (χ2n) is 5.65. The maximum Gasteiger partial charge on any atom is 0.228 e. The minimum atomic E-state index is 0.233. The number of hydrogen-bond acceptors (Lipinski definition) is 2. The number of carbonyl (C=O) groups is 1. The quantitative estimate of drug-likeness (QED) is 0.841. The van der Waals surface area contributed by atoms with Crippen LogP contribution in [-0.4, -0.2) is 33.3 Å². The molecule has 2 aromatic heterocycles. The van der Waals surface area contributed by atoms with E-state index in [1.54, 1.807) is 0 Å². The zero-order valence-corrected chi connectivity index (χ0v) is 12.2. The van der Waals surface area contributed by atoms with Gasteiger partial charge in [0.25, 0.3) is 0 Å². The maximum absolute atomic E-state index is 12.4. The number of pyridine rings is 1. The number of aryl methyl sites for hydroxylation is 2. The second kappa shape index (κ2) is 5.27. The lowest BCUT2D eigenvalue weighted by Crippen LogP contribution is -2.36. The lowest BCUT2D eigenvalue weighted by molar-refractivity contribution is -0.131. The zero-order valence-electron chi connectivity index (χ0n) is 12.2. The average Bonchev–Trinajstić information content (AvgIpc) is 2.78. The Balaban J connectivity index is 1.88. The van der Waals surface area contributed by atoms with E-state index in [2.05, 4.69) is 22.4 Å². The molecular weight excluding hydrogens is 250 g/mol. The van der Waals surface area contributed by atoms with Crippen molar-refractivity contribution in [3.63, 3.8) is 0 Å². The summed E-state index contributed by atoms with van der Waals surface area (Å²) in [6.07, 6.45) is 5.98. The number of piperidine rings is 1. The van der Waals surface area contributed by atoms with Gasteiger partial charge in [-0.15, -0.1) is 0 Å². The summed E-state index contributed by atoms with van der Waals surface area (Å²) in [5.41, 5.74) is 4.10. The molecule has 3 rings (SSSR count). The number of carbonyl (C=O) groups excluding carboxylic acids is 1. The molecule has 1 aliphatic heterocycles. The van der Waals surface area contributed by atoms with Gasteiger partial charge in [-0.1, -0.05) is 6.07 Å². The van der Waals surface area contributed by atoms with E-state index in [1.165, 1.54) is 6.42 Å². The van der Waals surface area contributed by atoms with Crippen molar-refractivity contribution in [3.05, 3.63) is 35.3 Å². The van der Waals surface area contributed by atoms with E-state index in [9.17, 15) is 4.79 Å². The standard InChI is InChI=1S/C16H21N3O/c1-12-7-6-10-19-14(13(2)17-16(12)19)11-15(20)18-8-4-3-5-9-18/h6-7,10H,3-5,8-9,11H2,1-2H3. The van der Waals surface area contributed by atoms with Gasteiger partial charge in [0.15, 0.2) is 0 Å². The average molecular weight is 271 g/mol. The van der Waals surface area contributed by atoms with Crippen LogP contribution in [0.4, 0.5) is 0 Å². The lowest BCUT2D eigenvalue weighted by Gasteiger charge is -2.26. The van der Waals surface area contributed by atoms with Crippen LogP contribution in [0.5, 0.6) is 0 Å². The van der Waals surface area contributed by atoms with Crippen LogP contribution in [0.25, 0.3) is 5.65 Å². The Morgan fingerprint density at radius 3 is 2.75 bits per heavy atom. The van der Waals surface area contributed by atoms with Gasteiger partial charge in [0.05, 0.1) is 17.8 Å². The molecule has 0 unspecified atom stereocenters. The van der Waals surface area contributed by atoms with Crippen LogP contribution in [0.3, 0.4) is 0 Å². The molecule has 0 N–H and O–H groups in total. The van der Waals surface area contributed by atoms with Crippen LogP contribution in [-0.2, 0) is 11.2 Å². The highest BCUT2D eigenvalue weighted by Gasteiger charge is 2.20. The normalized spacial score (nSPS) is 15.8. The van der Waals surface area contributed by atoms with Gasteiger partial charge in [-0.05, 0) is 44.7 Å². The molecule has 0 saturated carbocycles. The predicted molar refractivity (Wildman–Crippen MR) is 78.8 cm³/mol. The highest BCUT2D eigenvalue weighted by molar-refractivity contribution is 5.79. The Bertz CT molecular complexity index is 638. The number of aromatic nitrogens is 2. The largest absolute Gasteiger partial charge is 0.342 e. The molecule has 0 aliphatic carbocycles. The minimum absolute atomic E-state index is 0.233. The van der Waals surface area contributed by atoms with Gasteiger partial charge in [0.2, 0.25) is 5.91 Å². The maximum atomic E-state index is 12.4. The van der Waals surface area contributed by atoms with Crippen LogP contribution in [0.15, 0.2) is 18.3 Å². The summed E-state index contributed by atoms with van der Waals surface area (Å²) in [4.78, 5) is 19.0. The molecule has 0 bridgehead atoms. The van der Waals surface area contributed by atoms with Gasteiger partial charge in [-0.25, -0.2) is 4.98 Å². The zero-order chi connectivity index (χ0) is 14.1. The summed E-state index contributed by atoms with van der Waals surface area (Å²) in [6, 6.07) is 4.07. The van der Waals surface area contributed by atoms with E-state index < -0.39 is 0 Å². The van der Waals surface area contributed by atoms with Gasteiger partial charge in [-0.2, -0.15) is 0 Å². The van der Waals surface area contributed by atoms with Crippen molar-refractivity contribution < 1.29 is 4.79 Å². The molecule has 0 radical (unpaired) electrons. The van der Waals surface area contributed by atoms with Crippen LogP contribution in [0, 0.1) is 13.8 Å². The number of hydrogen-bond donors (Lipinski definition) is 0. The summed E-state index contributed by atoms with van der Waals surface area (Å²) < 4.78 is 2.06. The number of fused-ring (bicyclic) bond motifs is 1. The Kier molecular flexibility index (Phi) is 3.47. The molecule has 106 valence electrons. The third-order valence-electron chi connectivity index (χ3n) is 4.17. The van der Waals surface area contributed by atoms with E-state index in [0.29, 0.717) is 6.42 Å². The van der Waals surface area contributed by atoms with E-state index >= 15 is 0 Å². The van der Waals surface area contributed by atoms with Gasteiger partial charge in [0.1, 0.15) is 5.65 Å². The van der Waals surface area contributed by atoms with Crippen molar-refractivity contribution >= 4 is 11.6 Å². The lowest BCUT2D eigenvalue weighted by atomic mass is 10.1. The summed E-state index contributed by atoms with van der Waals surface area (Å²) in [5, 5.41) is 0. The SMILES string of the molecule is Cc1nc2c(C)cccn2c1CC(=O)N1CCCCC1. The molecule has 0 spiro atoms. The first-order valence-electron chi connectivity index (χ1n) is 7.38.